The summed E-state index contributed by atoms with van der Waals surface area (Å²) in [5.74, 6) is 2.21. The number of ether oxygens (including phenoxy) is 2. The summed E-state index contributed by atoms with van der Waals surface area (Å²) in [7, 11) is 1.67. The van der Waals surface area contributed by atoms with Gasteiger partial charge in [0.05, 0.1) is 12.8 Å². The number of nitrogens with one attached hydrogen (secondary N) is 1. The Morgan fingerprint density at radius 3 is 2.73 bits per heavy atom. The van der Waals surface area contributed by atoms with Crippen molar-refractivity contribution in [2.24, 2.45) is 0 Å². The molecule has 0 saturated carbocycles. The van der Waals surface area contributed by atoms with E-state index in [1.165, 1.54) is 0 Å². The van der Waals surface area contributed by atoms with Gasteiger partial charge in [0, 0.05) is 26.2 Å². The molecule has 0 unspecified atom stereocenters. The van der Waals surface area contributed by atoms with Gasteiger partial charge in [-0.3, -0.25) is 0 Å². The minimum atomic E-state index is -0.423. The molecule has 0 saturated heterocycles. The Morgan fingerprint density at radius 2 is 1.91 bits per heavy atom. The number of hydrogen-bond donors (Lipinski definition) is 1. The van der Waals surface area contributed by atoms with Crippen molar-refractivity contribution < 1.29 is 9.47 Å². The summed E-state index contributed by atoms with van der Waals surface area (Å²) < 4.78 is 15.2. The number of hydrogen-bond acceptors (Lipinski definition) is 5. The second-order valence-corrected chi connectivity index (χ2v) is 9.17. The van der Waals surface area contributed by atoms with E-state index in [2.05, 4.69) is 37.4 Å². The van der Waals surface area contributed by atoms with Gasteiger partial charge in [-0.1, -0.05) is 51.8 Å². The number of methoxy groups -OCH3 is 1. The number of halogens is 2. The van der Waals surface area contributed by atoms with Gasteiger partial charge in [0.1, 0.15) is 23.9 Å². The van der Waals surface area contributed by atoms with E-state index in [9.17, 15) is 0 Å². The Bertz CT molecular complexity index is 1400. The molecule has 2 aliphatic rings. The largest absolute Gasteiger partial charge is 0.496 e. The van der Waals surface area contributed by atoms with Crippen molar-refractivity contribution in [1.29, 1.82) is 0 Å². The molecule has 0 spiro atoms. The Labute approximate surface area is 204 Å². The van der Waals surface area contributed by atoms with Crippen LogP contribution in [0.1, 0.15) is 28.8 Å². The number of aromatic nitrogens is 3. The quantitative estimate of drug-likeness (QED) is 0.345. The molecule has 33 heavy (non-hydrogen) atoms. The highest BCUT2D eigenvalue weighted by Crippen LogP contribution is 2.52. The maximum absolute atomic E-state index is 6.67. The van der Waals surface area contributed by atoms with Gasteiger partial charge < -0.3 is 14.8 Å². The SMILES string of the molecule is COc1ccc(Br)cc1[C@@H]1Oc2ccccc2C2=C1[C@H](c1ccc(Cl)cc1)n1ncnc1N2. The molecule has 3 aromatic carbocycles. The topological polar surface area (TPSA) is 61.2 Å². The highest BCUT2D eigenvalue weighted by Gasteiger charge is 2.41. The van der Waals surface area contributed by atoms with Gasteiger partial charge >= 0.3 is 0 Å². The van der Waals surface area contributed by atoms with Crippen molar-refractivity contribution in [2.45, 2.75) is 12.1 Å². The lowest BCUT2D eigenvalue weighted by Crippen LogP contribution is -2.32. The maximum Gasteiger partial charge on any atom is 0.226 e. The molecule has 0 bridgehead atoms. The smallest absolute Gasteiger partial charge is 0.226 e. The van der Waals surface area contributed by atoms with Crippen LogP contribution < -0.4 is 14.8 Å². The van der Waals surface area contributed by atoms with E-state index in [-0.39, 0.29) is 6.04 Å². The summed E-state index contributed by atoms with van der Waals surface area (Å²) in [6.45, 7) is 0. The molecule has 1 aromatic heterocycles. The van der Waals surface area contributed by atoms with Crippen LogP contribution in [0.5, 0.6) is 11.5 Å². The lowest BCUT2D eigenvalue weighted by molar-refractivity contribution is 0.217. The van der Waals surface area contributed by atoms with E-state index < -0.39 is 6.10 Å². The molecule has 6 rings (SSSR count). The first-order valence-corrected chi connectivity index (χ1v) is 11.6. The number of para-hydroxylation sites is 1. The molecule has 2 atom stereocenters. The monoisotopic (exact) mass is 520 g/mol. The van der Waals surface area contributed by atoms with Crippen LogP contribution in [0.25, 0.3) is 5.70 Å². The van der Waals surface area contributed by atoms with Crippen molar-refractivity contribution in [1.82, 2.24) is 14.8 Å². The normalized spacial score (nSPS) is 18.5. The first kappa shape index (κ1) is 20.3. The molecule has 1 N–H and O–H groups in total. The Morgan fingerprint density at radius 1 is 1.09 bits per heavy atom. The summed E-state index contributed by atoms with van der Waals surface area (Å²) in [6.07, 6.45) is 1.14. The molecule has 8 heteroatoms. The van der Waals surface area contributed by atoms with Crippen LogP contribution in [0.15, 0.2) is 83.1 Å². The lowest BCUT2D eigenvalue weighted by atomic mass is 9.84. The van der Waals surface area contributed by atoms with Crippen LogP contribution >= 0.6 is 27.5 Å². The zero-order valence-electron chi connectivity index (χ0n) is 17.5. The summed E-state index contributed by atoms with van der Waals surface area (Å²) in [4.78, 5) is 4.47. The van der Waals surface area contributed by atoms with Crippen molar-refractivity contribution in [3.63, 3.8) is 0 Å². The number of benzene rings is 3. The van der Waals surface area contributed by atoms with Gasteiger partial charge in [-0.25, -0.2) is 4.68 Å². The molecule has 6 nitrogen and oxygen atoms in total. The van der Waals surface area contributed by atoms with E-state index in [1.54, 1.807) is 13.4 Å². The molecule has 4 aromatic rings. The second-order valence-electron chi connectivity index (χ2n) is 7.82. The first-order chi connectivity index (χ1) is 16.1. The lowest BCUT2D eigenvalue weighted by Gasteiger charge is -2.39. The first-order valence-electron chi connectivity index (χ1n) is 10.4. The van der Waals surface area contributed by atoms with Gasteiger partial charge in [0.15, 0.2) is 6.10 Å². The van der Waals surface area contributed by atoms with Crippen molar-refractivity contribution in [2.75, 3.05) is 12.4 Å². The van der Waals surface area contributed by atoms with Crippen LogP contribution in [-0.4, -0.2) is 21.9 Å². The molecule has 2 aliphatic heterocycles. The van der Waals surface area contributed by atoms with Gasteiger partial charge in [-0.15, -0.1) is 0 Å². The predicted molar refractivity (Wildman–Crippen MR) is 131 cm³/mol. The van der Waals surface area contributed by atoms with Crippen LogP contribution in [0.2, 0.25) is 5.02 Å². The average molecular weight is 522 g/mol. The second kappa shape index (κ2) is 7.93. The van der Waals surface area contributed by atoms with Gasteiger partial charge in [-0.05, 0) is 48.0 Å². The predicted octanol–water partition coefficient (Wildman–Crippen LogP) is 6.26. The van der Waals surface area contributed by atoms with E-state index in [4.69, 9.17) is 21.1 Å². The molecule has 0 radical (unpaired) electrons. The maximum atomic E-state index is 6.67. The Kier molecular flexibility index (Phi) is 4.89. The Balaban J connectivity index is 1.65. The zero-order valence-corrected chi connectivity index (χ0v) is 19.8. The summed E-state index contributed by atoms with van der Waals surface area (Å²) in [5, 5.41) is 8.74. The van der Waals surface area contributed by atoms with Crippen molar-refractivity contribution in [3.05, 3.63) is 105 Å². The van der Waals surface area contributed by atoms with E-state index in [1.807, 2.05) is 65.3 Å². The van der Waals surface area contributed by atoms with E-state index in [0.717, 1.165) is 43.9 Å². The van der Waals surface area contributed by atoms with Gasteiger partial charge in [-0.2, -0.15) is 10.1 Å². The molecular formula is C25H18BrClN4O2. The summed E-state index contributed by atoms with van der Waals surface area (Å²) in [5.41, 5.74) is 4.90. The fourth-order valence-corrected chi connectivity index (χ4v) is 5.06. The molecule has 164 valence electrons. The molecule has 3 heterocycles. The highest BCUT2D eigenvalue weighted by atomic mass is 79.9. The third-order valence-electron chi connectivity index (χ3n) is 5.98. The number of nitrogens with zero attached hydrogens (tertiary/aromatic N) is 3. The summed E-state index contributed by atoms with van der Waals surface area (Å²) >= 11 is 9.82. The standard InChI is InChI=1S/C25H18BrClN4O2/c1-32-19-11-8-15(26)12-18(19)24-21-22(17-4-2-3-5-20(17)33-24)30-25-28-13-29-31(25)23(21)14-6-9-16(27)10-7-14/h2-13,23-24H,1H3,(H,28,29,30)/t23-,24-/m0/s1. The minimum Gasteiger partial charge on any atom is -0.496 e. The molecule has 0 amide bonds. The van der Waals surface area contributed by atoms with Crippen LogP contribution in [0.4, 0.5) is 5.95 Å². The average Bonchev–Trinajstić information content (AvgIpc) is 3.31. The number of anilines is 1. The highest BCUT2D eigenvalue weighted by molar-refractivity contribution is 9.10. The van der Waals surface area contributed by atoms with Crippen molar-refractivity contribution >= 4 is 39.2 Å². The van der Waals surface area contributed by atoms with Gasteiger partial charge in [0.25, 0.3) is 0 Å². The fraction of sp³-hybridized carbons (Fsp3) is 0.120. The van der Waals surface area contributed by atoms with Crippen LogP contribution in [0.3, 0.4) is 0 Å². The molecular weight excluding hydrogens is 504 g/mol. The molecule has 0 fully saturated rings. The number of rotatable bonds is 3. The fourth-order valence-electron chi connectivity index (χ4n) is 4.55. The number of fused-ring (bicyclic) bond motifs is 3. The Hall–Kier alpha value is -3.29. The van der Waals surface area contributed by atoms with Crippen LogP contribution in [-0.2, 0) is 0 Å². The van der Waals surface area contributed by atoms with Gasteiger partial charge in [0.2, 0.25) is 5.95 Å². The van der Waals surface area contributed by atoms with Crippen LogP contribution in [0, 0.1) is 0 Å². The van der Waals surface area contributed by atoms with Crippen molar-refractivity contribution in [3.8, 4) is 11.5 Å². The third kappa shape index (κ3) is 3.31. The molecule has 0 aliphatic carbocycles. The zero-order chi connectivity index (χ0) is 22.5. The van der Waals surface area contributed by atoms with E-state index in [0.29, 0.717) is 11.0 Å². The van der Waals surface area contributed by atoms with E-state index >= 15 is 0 Å². The minimum absolute atomic E-state index is 0.252. The summed E-state index contributed by atoms with van der Waals surface area (Å²) in [6, 6.07) is 21.5. The third-order valence-corrected chi connectivity index (χ3v) is 6.73.